The van der Waals surface area contributed by atoms with Crippen LogP contribution in [0.5, 0.6) is 0 Å². The Morgan fingerprint density at radius 2 is 1.21 bits per heavy atom. The van der Waals surface area contributed by atoms with Crippen LogP contribution in [-0.4, -0.2) is 5.78 Å². The fraction of sp³-hybridized carbons (Fsp3) is 0.944. The lowest BCUT2D eigenvalue weighted by Crippen LogP contribution is -2.37. The van der Waals surface area contributed by atoms with Gasteiger partial charge in [-0.15, -0.1) is 0 Å². The lowest BCUT2D eigenvalue weighted by Gasteiger charge is -2.38. The van der Waals surface area contributed by atoms with Crippen molar-refractivity contribution in [2.45, 2.75) is 75.7 Å². The minimum Gasteiger partial charge on any atom is -0.299 e. The molecule has 0 saturated carbocycles. The van der Waals surface area contributed by atoms with E-state index in [0.717, 1.165) is 6.42 Å². The minimum atomic E-state index is 0.0602. The predicted octanol–water partition coefficient (Wildman–Crippen LogP) is 5.58. The second-order valence-corrected chi connectivity index (χ2v) is 8.97. The van der Waals surface area contributed by atoms with Crippen LogP contribution in [0.2, 0.25) is 0 Å². The number of rotatable bonds is 5. The van der Waals surface area contributed by atoms with Crippen LogP contribution in [0.4, 0.5) is 0 Å². The molecule has 0 spiro atoms. The molecule has 0 amide bonds. The van der Waals surface area contributed by atoms with Gasteiger partial charge in [0, 0.05) is 12.3 Å². The second kappa shape index (κ2) is 6.41. The largest absolute Gasteiger partial charge is 0.299 e. The highest BCUT2D eigenvalue weighted by Gasteiger charge is 2.37. The average molecular weight is 268 g/mol. The van der Waals surface area contributed by atoms with Crippen LogP contribution in [0.25, 0.3) is 0 Å². The highest BCUT2D eigenvalue weighted by atomic mass is 16.1. The Morgan fingerprint density at radius 3 is 1.42 bits per heavy atom. The third kappa shape index (κ3) is 5.67. The maximum Gasteiger partial charge on any atom is 0.137 e. The third-order valence-corrected chi connectivity index (χ3v) is 4.28. The van der Waals surface area contributed by atoms with Crippen molar-refractivity contribution in [2.75, 3.05) is 0 Å². The summed E-state index contributed by atoms with van der Waals surface area (Å²) < 4.78 is 0. The predicted molar refractivity (Wildman–Crippen MR) is 85.2 cm³/mol. The molecule has 0 fully saturated rings. The van der Waals surface area contributed by atoms with Gasteiger partial charge >= 0.3 is 0 Å². The standard InChI is InChI=1S/C18H36O/c1-12(2)14(17(5,6)7)11-15(19)16(13(3)4)18(8,9)10/h12-14,16H,11H2,1-10H3. The van der Waals surface area contributed by atoms with E-state index in [-0.39, 0.29) is 16.7 Å². The van der Waals surface area contributed by atoms with E-state index in [1.54, 1.807) is 0 Å². The lowest BCUT2D eigenvalue weighted by atomic mass is 9.66. The summed E-state index contributed by atoms with van der Waals surface area (Å²) in [7, 11) is 0. The first kappa shape index (κ1) is 18.7. The Kier molecular flexibility index (Phi) is 6.30. The maximum atomic E-state index is 12.8. The number of carbonyl (C=O) groups is 1. The van der Waals surface area contributed by atoms with Gasteiger partial charge in [-0.1, -0.05) is 69.2 Å². The second-order valence-electron chi connectivity index (χ2n) is 8.97. The summed E-state index contributed by atoms with van der Waals surface area (Å²) in [4.78, 5) is 12.8. The molecule has 0 aliphatic carbocycles. The van der Waals surface area contributed by atoms with Gasteiger partial charge in [0.1, 0.15) is 5.78 Å². The van der Waals surface area contributed by atoms with Crippen LogP contribution >= 0.6 is 0 Å². The Bertz CT molecular complexity index is 286. The fourth-order valence-electron chi connectivity index (χ4n) is 3.74. The lowest BCUT2D eigenvalue weighted by molar-refractivity contribution is -0.130. The number of carbonyl (C=O) groups excluding carboxylic acids is 1. The van der Waals surface area contributed by atoms with E-state index in [1.807, 2.05) is 0 Å². The molecule has 0 aromatic rings. The molecule has 0 N–H and O–H groups in total. The average Bonchev–Trinajstić information content (AvgIpc) is 2.08. The van der Waals surface area contributed by atoms with Gasteiger partial charge in [0.05, 0.1) is 0 Å². The molecule has 0 heterocycles. The van der Waals surface area contributed by atoms with Gasteiger partial charge in [-0.25, -0.2) is 0 Å². The van der Waals surface area contributed by atoms with Gasteiger partial charge in [0.25, 0.3) is 0 Å². The molecule has 1 nitrogen and oxygen atoms in total. The van der Waals surface area contributed by atoms with E-state index in [0.29, 0.717) is 23.5 Å². The Morgan fingerprint density at radius 1 is 0.789 bits per heavy atom. The summed E-state index contributed by atoms with van der Waals surface area (Å²) in [5.41, 5.74) is 0.258. The number of Topliss-reactive ketones (excluding diaryl/α,β-unsaturated/α-hetero) is 1. The molecule has 2 atom stereocenters. The van der Waals surface area contributed by atoms with Crippen LogP contribution in [0.3, 0.4) is 0 Å². The minimum absolute atomic E-state index is 0.0602. The van der Waals surface area contributed by atoms with Crippen molar-refractivity contribution in [3.8, 4) is 0 Å². The first-order valence-electron chi connectivity index (χ1n) is 7.81. The Labute approximate surface area is 121 Å². The number of ketones is 1. The molecule has 2 unspecified atom stereocenters. The summed E-state index contributed by atoms with van der Waals surface area (Å²) in [6.07, 6.45) is 0.723. The molecule has 114 valence electrons. The maximum absolute atomic E-state index is 12.8. The zero-order valence-electron chi connectivity index (χ0n) is 14.9. The quantitative estimate of drug-likeness (QED) is 0.636. The summed E-state index contributed by atoms with van der Waals surface area (Å²) in [5.74, 6) is 2.05. The van der Waals surface area contributed by atoms with Crippen LogP contribution in [-0.2, 0) is 4.79 Å². The van der Waals surface area contributed by atoms with Gasteiger partial charge in [-0.2, -0.15) is 0 Å². The molecule has 0 bridgehead atoms. The number of hydrogen-bond donors (Lipinski definition) is 0. The molecule has 0 radical (unpaired) electrons. The van der Waals surface area contributed by atoms with E-state index in [9.17, 15) is 4.79 Å². The van der Waals surface area contributed by atoms with Gasteiger partial charge in [-0.3, -0.25) is 4.79 Å². The van der Waals surface area contributed by atoms with E-state index in [2.05, 4.69) is 69.2 Å². The monoisotopic (exact) mass is 268 g/mol. The van der Waals surface area contributed by atoms with Crippen LogP contribution in [0.15, 0.2) is 0 Å². The van der Waals surface area contributed by atoms with Crippen molar-refractivity contribution < 1.29 is 4.79 Å². The number of hydrogen-bond acceptors (Lipinski definition) is 1. The molecule has 1 heteroatoms. The Balaban J connectivity index is 5.10. The van der Waals surface area contributed by atoms with E-state index in [4.69, 9.17) is 0 Å². The van der Waals surface area contributed by atoms with E-state index < -0.39 is 0 Å². The van der Waals surface area contributed by atoms with Gasteiger partial charge in [0.15, 0.2) is 0 Å². The molecular weight excluding hydrogens is 232 g/mol. The van der Waals surface area contributed by atoms with Crippen molar-refractivity contribution in [1.82, 2.24) is 0 Å². The molecule has 0 aromatic carbocycles. The van der Waals surface area contributed by atoms with Crippen LogP contribution < -0.4 is 0 Å². The van der Waals surface area contributed by atoms with E-state index in [1.165, 1.54) is 0 Å². The molecule has 0 aromatic heterocycles. The fourth-order valence-corrected chi connectivity index (χ4v) is 3.74. The van der Waals surface area contributed by atoms with Crippen LogP contribution in [0, 0.1) is 34.5 Å². The highest BCUT2D eigenvalue weighted by Crippen LogP contribution is 2.39. The zero-order chi connectivity index (χ0) is 15.6. The van der Waals surface area contributed by atoms with Crippen molar-refractivity contribution in [3.63, 3.8) is 0 Å². The summed E-state index contributed by atoms with van der Waals surface area (Å²) in [6.45, 7) is 22.2. The molecule has 0 aliphatic rings. The Hall–Kier alpha value is -0.330. The zero-order valence-corrected chi connectivity index (χ0v) is 14.9. The van der Waals surface area contributed by atoms with Crippen molar-refractivity contribution in [2.24, 2.45) is 34.5 Å². The summed E-state index contributed by atoms with van der Waals surface area (Å²) >= 11 is 0. The first-order valence-corrected chi connectivity index (χ1v) is 7.81. The molecule has 19 heavy (non-hydrogen) atoms. The van der Waals surface area contributed by atoms with Gasteiger partial charge < -0.3 is 0 Å². The summed E-state index contributed by atoms with van der Waals surface area (Å²) in [6, 6.07) is 0. The van der Waals surface area contributed by atoms with Gasteiger partial charge in [-0.05, 0) is 28.6 Å². The topological polar surface area (TPSA) is 17.1 Å². The normalized spacial score (nSPS) is 16.8. The van der Waals surface area contributed by atoms with Crippen LogP contribution in [0.1, 0.15) is 75.7 Å². The smallest absolute Gasteiger partial charge is 0.137 e. The van der Waals surface area contributed by atoms with Gasteiger partial charge in [0.2, 0.25) is 0 Å². The van der Waals surface area contributed by atoms with E-state index >= 15 is 0 Å². The third-order valence-electron chi connectivity index (χ3n) is 4.28. The summed E-state index contributed by atoms with van der Waals surface area (Å²) in [5, 5.41) is 0. The first-order chi connectivity index (χ1) is 8.28. The SMILES string of the molecule is CC(C)C(CC(=O)C(C(C)C)C(C)(C)C)C(C)(C)C. The molecular formula is C18H36O. The molecule has 0 rings (SSSR count). The molecule has 0 aliphatic heterocycles. The highest BCUT2D eigenvalue weighted by molar-refractivity contribution is 5.82. The van der Waals surface area contributed by atoms with Crippen molar-refractivity contribution >= 4 is 5.78 Å². The van der Waals surface area contributed by atoms with Crippen molar-refractivity contribution in [3.05, 3.63) is 0 Å². The molecule has 0 saturated heterocycles. The van der Waals surface area contributed by atoms with Crippen molar-refractivity contribution in [1.29, 1.82) is 0 Å².